The van der Waals surface area contributed by atoms with E-state index >= 15 is 0 Å². The van der Waals surface area contributed by atoms with Crippen molar-refractivity contribution in [3.63, 3.8) is 0 Å². The number of hydrogen-bond donors (Lipinski definition) is 0. The summed E-state index contributed by atoms with van der Waals surface area (Å²) < 4.78 is 6.80. The molecule has 0 saturated heterocycles. The number of rotatable bonds is 2. The molecule has 2 aromatic rings. The number of para-hydroxylation sites is 1. The highest BCUT2D eigenvalue weighted by Gasteiger charge is 2.12. The van der Waals surface area contributed by atoms with Gasteiger partial charge in [-0.15, -0.1) is 0 Å². The molecular weight excluding hydrogens is 397 g/mol. The lowest BCUT2D eigenvalue weighted by Gasteiger charge is -2.06. The van der Waals surface area contributed by atoms with Crippen molar-refractivity contribution in [3.05, 3.63) is 38.0 Å². The molecule has 0 unspecified atom stereocenters. The third-order valence-corrected chi connectivity index (χ3v) is 3.75. The zero-order valence-corrected chi connectivity index (χ0v) is 12.8. The highest BCUT2D eigenvalue weighted by Crippen LogP contribution is 2.27. The minimum Gasteiger partial charge on any atom is -0.461 e. The molecule has 1 aromatic carbocycles. The lowest BCUT2D eigenvalue weighted by Crippen LogP contribution is -2.07. The summed E-state index contributed by atoms with van der Waals surface area (Å²) in [4.78, 5) is 16.0. The van der Waals surface area contributed by atoms with Gasteiger partial charge in [0.15, 0.2) is 0 Å². The van der Waals surface area contributed by atoms with Gasteiger partial charge in [0.1, 0.15) is 5.69 Å². The Bertz CT molecular complexity index is 586. The third kappa shape index (κ3) is 2.60. The van der Waals surface area contributed by atoms with E-state index in [-0.39, 0.29) is 0 Å². The summed E-state index contributed by atoms with van der Waals surface area (Å²) in [6, 6.07) is 7.57. The van der Waals surface area contributed by atoms with Crippen molar-refractivity contribution in [3.8, 4) is 0 Å². The molecule has 0 bridgehead atoms. The first kappa shape index (κ1) is 12.8. The SMILES string of the molecule is CCOC(=O)c1cc(Br)c2cccc(I)c2n1. The van der Waals surface area contributed by atoms with Crippen LogP contribution in [0.25, 0.3) is 10.9 Å². The van der Waals surface area contributed by atoms with Gasteiger partial charge in [-0.2, -0.15) is 0 Å². The molecule has 0 aliphatic carbocycles. The van der Waals surface area contributed by atoms with Crippen LogP contribution in [0.4, 0.5) is 0 Å². The van der Waals surface area contributed by atoms with Gasteiger partial charge in [-0.1, -0.05) is 28.1 Å². The van der Waals surface area contributed by atoms with Crippen LogP contribution in [0, 0.1) is 3.57 Å². The predicted molar refractivity (Wildman–Crippen MR) is 78.1 cm³/mol. The number of ether oxygens (including phenoxy) is 1. The van der Waals surface area contributed by atoms with Gasteiger partial charge in [0.25, 0.3) is 0 Å². The molecule has 2 rings (SSSR count). The largest absolute Gasteiger partial charge is 0.461 e. The Morgan fingerprint density at radius 3 is 3.00 bits per heavy atom. The van der Waals surface area contributed by atoms with Gasteiger partial charge in [0, 0.05) is 13.4 Å². The van der Waals surface area contributed by atoms with E-state index in [1.807, 2.05) is 18.2 Å². The molecule has 0 spiro atoms. The predicted octanol–water partition coefficient (Wildman–Crippen LogP) is 3.78. The fraction of sp³-hybridized carbons (Fsp3) is 0.167. The van der Waals surface area contributed by atoms with Crippen molar-refractivity contribution < 1.29 is 9.53 Å². The van der Waals surface area contributed by atoms with E-state index in [1.54, 1.807) is 13.0 Å². The highest BCUT2D eigenvalue weighted by molar-refractivity contribution is 14.1. The Morgan fingerprint density at radius 2 is 2.29 bits per heavy atom. The molecule has 0 amide bonds. The van der Waals surface area contributed by atoms with Crippen LogP contribution >= 0.6 is 38.5 Å². The molecule has 0 saturated carbocycles. The average molecular weight is 406 g/mol. The standard InChI is InChI=1S/C12H9BrINO2/c1-2-17-12(16)10-6-8(13)7-4-3-5-9(14)11(7)15-10/h3-6H,2H2,1H3. The number of nitrogens with zero attached hydrogens (tertiary/aromatic N) is 1. The van der Waals surface area contributed by atoms with Crippen molar-refractivity contribution in [1.29, 1.82) is 0 Å². The lowest BCUT2D eigenvalue weighted by atomic mass is 10.2. The molecule has 88 valence electrons. The minimum atomic E-state index is -0.394. The molecule has 0 atom stereocenters. The molecule has 3 nitrogen and oxygen atoms in total. The lowest BCUT2D eigenvalue weighted by molar-refractivity contribution is 0.0520. The maximum absolute atomic E-state index is 11.6. The second kappa shape index (κ2) is 5.30. The molecule has 0 radical (unpaired) electrons. The number of hydrogen-bond acceptors (Lipinski definition) is 3. The molecule has 5 heteroatoms. The van der Waals surface area contributed by atoms with E-state index < -0.39 is 5.97 Å². The quantitative estimate of drug-likeness (QED) is 0.563. The van der Waals surface area contributed by atoms with Gasteiger partial charge in [0.05, 0.1) is 12.1 Å². The van der Waals surface area contributed by atoms with Crippen LogP contribution in [-0.2, 0) is 4.74 Å². The van der Waals surface area contributed by atoms with E-state index in [0.717, 1.165) is 18.9 Å². The first-order chi connectivity index (χ1) is 8.13. The monoisotopic (exact) mass is 405 g/mol. The van der Waals surface area contributed by atoms with Crippen LogP contribution in [0.1, 0.15) is 17.4 Å². The maximum Gasteiger partial charge on any atom is 0.356 e. The second-order valence-electron chi connectivity index (χ2n) is 3.35. The van der Waals surface area contributed by atoms with Gasteiger partial charge in [-0.25, -0.2) is 9.78 Å². The number of fused-ring (bicyclic) bond motifs is 1. The zero-order valence-electron chi connectivity index (χ0n) is 9.04. The van der Waals surface area contributed by atoms with Gasteiger partial charge >= 0.3 is 5.97 Å². The van der Waals surface area contributed by atoms with Crippen molar-refractivity contribution in [2.45, 2.75) is 6.92 Å². The maximum atomic E-state index is 11.6. The van der Waals surface area contributed by atoms with Crippen LogP contribution < -0.4 is 0 Å². The van der Waals surface area contributed by atoms with E-state index in [0.29, 0.717) is 12.3 Å². The van der Waals surface area contributed by atoms with E-state index in [2.05, 4.69) is 43.5 Å². The number of pyridine rings is 1. The van der Waals surface area contributed by atoms with Crippen molar-refractivity contribution in [2.24, 2.45) is 0 Å². The molecule has 17 heavy (non-hydrogen) atoms. The van der Waals surface area contributed by atoms with Crippen LogP contribution in [0.15, 0.2) is 28.7 Å². The fourth-order valence-corrected chi connectivity index (χ4v) is 2.64. The number of esters is 1. The van der Waals surface area contributed by atoms with Gasteiger partial charge in [0.2, 0.25) is 0 Å². The number of benzene rings is 1. The minimum absolute atomic E-state index is 0.329. The fourth-order valence-electron chi connectivity index (χ4n) is 1.48. The first-order valence-electron chi connectivity index (χ1n) is 5.05. The second-order valence-corrected chi connectivity index (χ2v) is 5.36. The smallest absolute Gasteiger partial charge is 0.356 e. The number of aromatic nitrogens is 1. The topological polar surface area (TPSA) is 39.2 Å². The van der Waals surface area contributed by atoms with Crippen LogP contribution in [0.3, 0.4) is 0 Å². The molecule has 1 heterocycles. The van der Waals surface area contributed by atoms with Gasteiger partial charge in [-0.3, -0.25) is 0 Å². The van der Waals surface area contributed by atoms with Crippen LogP contribution in [-0.4, -0.2) is 17.6 Å². The number of halogens is 2. The molecule has 1 aromatic heterocycles. The summed E-state index contributed by atoms with van der Waals surface area (Å²) in [7, 11) is 0. The Balaban J connectivity index is 2.62. The van der Waals surface area contributed by atoms with E-state index in [1.165, 1.54) is 0 Å². The van der Waals surface area contributed by atoms with Crippen LogP contribution in [0.5, 0.6) is 0 Å². The van der Waals surface area contributed by atoms with E-state index in [9.17, 15) is 4.79 Å². The Hall–Kier alpha value is -0.690. The molecule has 0 fully saturated rings. The molecule has 0 aliphatic rings. The summed E-state index contributed by atoms with van der Waals surface area (Å²) in [5, 5.41) is 0.991. The zero-order chi connectivity index (χ0) is 12.4. The summed E-state index contributed by atoms with van der Waals surface area (Å²) in [5.74, 6) is -0.394. The third-order valence-electron chi connectivity index (χ3n) is 2.22. The normalized spacial score (nSPS) is 10.5. The number of carbonyl (C=O) groups excluding carboxylic acids is 1. The Kier molecular flexibility index (Phi) is 3.98. The summed E-state index contributed by atoms with van der Waals surface area (Å²) in [5.41, 5.74) is 1.14. The van der Waals surface area contributed by atoms with Crippen LogP contribution in [0.2, 0.25) is 0 Å². The highest BCUT2D eigenvalue weighted by atomic mass is 127. The van der Waals surface area contributed by atoms with Gasteiger partial charge in [-0.05, 0) is 41.6 Å². The molecule has 0 N–H and O–H groups in total. The Labute approximate surface area is 121 Å². The average Bonchev–Trinajstić information content (AvgIpc) is 2.30. The van der Waals surface area contributed by atoms with Gasteiger partial charge < -0.3 is 4.74 Å². The summed E-state index contributed by atoms with van der Waals surface area (Å²) in [6.07, 6.45) is 0. The Morgan fingerprint density at radius 1 is 1.53 bits per heavy atom. The molecule has 0 aliphatic heterocycles. The van der Waals surface area contributed by atoms with Crippen molar-refractivity contribution in [1.82, 2.24) is 4.98 Å². The molecular formula is C12H9BrINO2. The van der Waals surface area contributed by atoms with Crippen molar-refractivity contribution in [2.75, 3.05) is 6.61 Å². The summed E-state index contributed by atoms with van der Waals surface area (Å²) in [6.45, 7) is 2.12. The van der Waals surface area contributed by atoms with Crippen molar-refractivity contribution >= 4 is 55.4 Å². The number of carbonyl (C=O) groups is 1. The summed E-state index contributed by atoms with van der Waals surface area (Å²) >= 11 is 5.65. The first-order valence-corrected chi connectivity index (χ1v) is 6.92. The van der Waals surface area contributed by atoms with E-state index in [4.69, 9.17) is 4.74 Å².